The fourth-order valence-corrected chi connectivity index (χ4v) is 8.40. The number of nitrogens with zero attached hydrogens (tertiary/aromatic N) is 4. The van der Waals surface area contributed by atoms with Crippen LogP contribution in [0.15, 0.2) is 98.5 Å². The summed E-state index contributed by atoms with van der Waals surface area (Å²) in [4.78, 5) is 47.2. The van der Waals surface area contributed by atoms with E-state index in [2.05, 4.69) is 10.2 Å². The normalized spacial score (nSPS) is 16.8. The van der Waals surface area contributed by atoms with Crippen LogP contribution in [0.4, 0.5) is 15.2 Å². The van der Waals surface area contributed by atoms with Gasteiger partial charge in [0.05, 0.1) is 23.2 Å². The van der Waals surface area contributed by atoms with E-state index in [1.165, 1.54) is 28.8 Å². The van der Waals surface area contributed by atoms with E-state index in [4.69, 9.17) is 16.0 Å². The molecule has 2 amide bonds. The van der Waals surface area contributed by atoms with Gasteiger partial charge in [0, 0.05) is 16.3 Å². The molecule has 0 radical (unpaired) electrons. The first kappa shape index (κ1) is 30.5. The Morgan fingerprint density at radius 1 is 0.917 bits per heavy atom. The van der Waals surface area contributed by atoms with Crippen LogP contribution in [0.25, 0.3) is 11.0 Å². The average Bonchev–Trinajstić information content (AvgIpc) is 3.72. The van der Waals surface area contributed by atoms with Crippen molar-refractivity contribution in [3.05, 3.63) is 145 Å². The molecule has 0 fully saturated rings. The highest BCUT2D eigenvalue weighted by molar-refractivity contribution is 8.00. The van der Waals surface area contributed by atoms with E-state index >= 15 is 4.79 Å². The minimum Gasteiger partial charge on any atom is -0.450 e. The van der Waals surface area contributed by atoms with E-state index in [9.17, 15) is 14.0 Å². The van der Waals surface area contributed by atoms with Crippen molar-refractivity contribution in [3.8, 4) is 0 Å². The minimum absolute atomic E-state index is 0.0463. The number of rotatable bonds is 6. The fraction of sp³-hybridized carbons (Fsp3) is 0.139. The second kappa shape index (κ2) is 11.4. The molecule has 2 aliphatic rings. The number of carbonyl (C=O) groups is 2. The molecular formula is C36H24ClFN4O4S2. The highest BCUT2D eigenvalue weighted by atomic mass is 35.5. The van der Waals surface area contributed by atoms with Crippen molar-refractivity contribution in [3.63, 3.8) is 0 Å². The molecule has 0 saturated carbocycles. The smallest absolute Gasteiger partial charge is 0.297 e. The predicted molar refractivity (Wildman–Crippen MR) is 185 cm³/mol. The summed E-state index contributed by atoms with van der Waals surface area (Å²) in [6.07, 6.45) is 0. The molecule has 8 rings (SSSR count). The highest BCUT2D eigenvalue weighted by Gasteiger charge is 2.66. The molecule has 2 aromatic heterocycles. The van der Waals surface area contributed by atoms with Crippen molar-refractivity contribution in [1.29, 1.82) is 0 Å². The molecule has 1 atom stereocenters. The van der Waals surface area contributed by atoms with E-state index in [0.29, 0.717) is 26.4 Å². The number of fused-ring (bicyclic) bond motifs is 5. The quantitative estimate of drug-likeness (QED) is 0.130. The third-order valence-corrected chi connectivity index (χ3v) is 11.2. The molecule has 12 heteroatoms. The molecule has 238 valence electrons. The predicted octanol–water partition coefficient (Wildman–Crippen LogP) is 7.80. The first-order valence-corrected chi connectivity index (χ1v) is 17.1. The molecule has 0 N–H and O–H groups in total. The van der Waals surface area contributed by atoms with E-state index in [0.717, 1.165) is 33.6 Å². The lowest BCUT2D eigenvalue weighted by Crippen LogP contribution is -2.53. The van der Waals surface area contributed by atoms with E-state index in [1.54, 1.807) is 59.5 Å². The van der Waals surface area contributed by atoms with Gasteiger partial charge in [-0.05, 0) is 78.6 Å². The number of benzene rings is 4. The number of aryl methyl sites for hydroxylation is 2. The third kappa shape index (κ3) is 4.60. The van der Waals surface area contributed by atoms with Gasteiger partial charge in [0.1, 0.15) is 11.4 Å². The first-order chi connectivity index (χ1) is 23.2. The van der Waals surface area contributed by atoms with Crippen molar-refractivity contribution >= 4 is 68.3 Å². The second-order valence-corrected chi connectivity index (χ2v) is 14.3. The van der Waals surface area contributed by atoms with Gasteiger partial charge in [-0.15, -0.1) is 10.2 Å². The van der Waals surface area contributed by atoms with Crippen LogP contribution in [0.2, 0.25) is 5.02 Å². The second-order valence-electron chi connectivity index (χ2n) is 11.7. The summed E-state index contributed by atoms with van der Waals surface area (Å²) in [5, 5.41) is 9.71. The molecule has 0 saturated heterocycles. The number of carbonyl (C=O) groups excluding carboxylic acids is 2. The van der Waals surface area contributed by atoms with Gasteiger partial charge in [-0.1, -0.05) is 77.2 Å². The number of para-hydroxylation sites is 1. The van der Waals surface area contributed by atoms with Gasteiger partial charge in [-0.2, -0.15) is 0 Å². The summed E-state index contributed by atoms with van der Waals surface area (Å²) in [5.41, 5.74) is 2.32. The summed E-state index contributed by atoms with van der Waals surface area (Å²) in [7, 11) is 0. The van der Waals surface area contributed by atoms with Crippen LogP contribution in [-0.4, -0.2) is 22.0 Å². The lowest BCUT2D eigenvalue weighted by Gasteiger charge is -2.32. The van der Waals surface area contributed by atoms with Crippen LogP contribution < -0.4 is 15.2 Å². The van der Waals surface area contributed by atoms with Gasteiger partial charge in [0.15, 0.2) is 15.3 Å². The minimum atomic E-state index is -1.90. The van der Waals surface area contributed by atoms with Crippen LogP contribution in [0.3, 0.4) is 0 Å². The fourth-order valence-electron chi connectivity index (χ4n) is 6.42. The molecule has 0 bridgehead atoms. The van der Waals surface area contributed by atoms with Crippen LogP contribution in [-0.2, 0) is 22.6 Å². The number of halogens is 2. The van der Waals surface area contributed by atoms with Crippen LogP contribution in [0.5, 0.6) is 0 Å². The van der Waals surface area contributed by atoms with Gasteiger partial charge in [0.25, 0.3) is 11.8 Å². The topological polar surface area (TPSA) is 96.6 Å². The summed E-state index contributed by atoms with van der Waals surface area (Å²) >= 11 is 8.64. The van der Waals surface area contributed by atoms with Gasteiger partial charge >= 0.3 is 0 Å². The Hall–Kier alpha value is -4.84. The first-order valence-electron chi connectivity index (χ1n) is 15.0. The molecule has 8 nitrogen and oxygen atoms in total. The maximum absolute atomic E-state index is 15.2. The zero-order valence-corrected chi connectivity index (χ0v) is 27.9. The van der Waals surface area contributed by atoms with Crippen molar-refractivity contribution in [1.82, 2.24) is 10.2 Å². The van der Waals surface area contributed by atoms with Crippen LogP contribution >= 0.6 is 34.7 Å². The average molecular weight is 695 g/mol. The Labute approximate surface area is 286 Å². The number of anilines is 2. The summed E-state index contributed by atoms with van der Waals surface area (Å²) < 4.78 is 20.2. The third-order valence-electron chi connectivity index (χ3n) is 8.86. The summed E-state index contributed by atoms with van der Waals surface area (Å²) in [5.74, 6) is -1.20. The standard InChI is InChI=1S/C36H24ClFN4O4S2/c1-19-15-25-28(16-20(19)2)46-31-29(30(25)43)36(26-5-3-4-6-27(26)41(33(36)45)17-21-7-11-23(37)12-8-21)42(32(31)44)34-39-40-35(48-34)47-18-22-9-13-24(38)14-10-22/h3-16H,17-18H2,1-2H3. The van der Waals surface area contributed by atoms with Gasteiger partial charge in [0.2, 0.25) is 10.9 Å². The van der Waals surface area contributed by atoms with Gasteiger partial charge < -0.3 is 9.32 Å². The number of amides is 2. The molecule has 6 aromatic rings. The van der Waals surface area contributed by atoms with Gasteiger partial charge in [-0.25, -0.2) is 4.39 Å². The van der Waals surface area contributed by atoms with Crippen molar-refractivity contribution in [2.24, 2.45) is 0 Å². The molecule has 4 aromatic carbocycles. The molecule has 4 heterocycles. The molecule has 1 unspecified atom stereocenters. The zero-order chi connectivity index (χ0) is 33.3. The number of aromatic nitrogens is 2. The Balaban J connectivity index is 1.32. The zero-order valence-electron chi connectivity index (χ0n) is 25.5. The molecule has 48 heavy (non-hydrogen) atoms. The van der Waals surface area contributed by atoms with Crippen LogP contribution in [0, 0.1) is 19.7 Å². The van der Waals surface area contributed by atoms with E-state index in [-0.39, 0.29) is 39.8 Å². The Kier molecular flexibility index (Phi) is 7.24. The lowest BCUT2D eigenvalue weighted by molar-refractivity contribution is -0.121. The molecule has 2 aliphatic heterocycles. The molecule has 0 aliphatic carbocycles. The monoisotopic (exact) mass is 694 g/mol. The van der Waals surface area contributed by atoms with Crippen molar-refractivity contribution in [2.75, 3.05) is 9.80 Å². The van der Waals surface area contributed by atoms with E-state index in [1.807, 2.05) is 32.0 Å². The Morgan fingerprint density at radius 3 is 2.40 bits per heavy atom. The summed E-state index contributed by atoms with van der Waals surface area (Å²) in [6, 6.07) is 23.9. The van der Waals surface area contributed by atoms with Crippen molar-refractivity contribution < 1.29 is 18.4 Å². The van der Waals surface area contributed by atoms with Crippen LogP contribution in [0.1, 0.15) is 43.9 Å². The maximum Gasteiger partial charge on any atom is 0.297 e. The Bertz CT molecular complexity index is 2360. The Morgan fingerprint density at radius 2 is 1.62 bits per heavy atom. The summed E-state index contributed by atoms with van der Waals surface area (Å²) in [6.45, 7) is 3.96. The number of hydrogen-bond donors (Lipinski definition) is 0. The van der Waals surface area contributed by atoms with Crippen molar-refractivity contribution in [2.45, 2.75) is 36.0 Å². The number of thioether (sulfide) groups is 1. The maximum atomic E-state index is 15.2. The highest BCUT2D eigenvalue weighted by Crippen LogP contribution is 2.55. The number of hydrogen-bond acceptors (Lipinski definition) is 8. The largest absolute Gasteiger partial charge is 0.450 e. The lowest BCUT2D eigenvalue weighted by atomic mass is 9.84. The SMILES string of the molecule is Cc1cc2oc3c(c(=O)c2cc1C)C1(C(=O)N(Cc2ccc(Cl)cc2)c2ccccc21)N(c1nnc(SCc2ccc(F)cc2)s1)C3=O. The van der Waals surface area contributed by atoms with E-state index < -0.39 is 22.8 Å². The molecular weight excluding hydrogens is 671 g/mol. The molecule has 1 spiro atoms. The van der Waals surface area contributed by atoms with Gasteiger partial charge in [-0.3, -0.25) is 19.3 Å².